The second-order valence-corrected chi connectivity index (χ2v) is 5.79. The minimum absolute atomic E-state index is 0.314. The van der Waals surface area contributed by atoms with Crippen molar-refractivity contribution in [3.8, 4) is 0 Å². The minimum atomic E-state index is 0.314. The SMILES string of the molecule is Cc1ccc(Br)cc1NCC(C)(C)C. The highest BCUT2D eigenvalue weighted by atomic mass is 79.9. The highest BCUT2D eigenvalue weighted by Crippen LogP contribution is 2.22. The van der Waals surface area contributed by atoms with Crippen molar-refractivity contribution >= 4 is 21.6 Å². The number of nitrogens with one attached hydrogen (secondary N) is 1. The Morgan fingerprint density at radius 1 is 1.29 bits per heavy atom. The second-order valence-electron chi connectivity index (χ2n) is 4.87. The van der Waals surface area contributed by atoms with Crippen LogP contribution in [0.5, 0.6) is 0 Å². The number of rotatable bonds is 2. The highest BCUT2D eigenvalue weighted by Gasteiger charge is 2.10. The molecule has 1 aromatic rings. The van der Waals surface area contributed by atoms with Crippen LogP contribution in [0.1, 0.15) is 26.3 Å². The fourth-order valence-electron chi connectivity index (χ4n) is 1.15. The van der Waals surface area contributed by atoms with Gasteiger partial charge in [0.2, 0.25) is 0 Å². The van der Waals surface area contributed by atoms with E-state index in [1.165, 1.54) is 11.3 Å². The van der Waals surface area contributed by atoms with Crippen LogP contribution in [-0.2, 0) is 0 Å². The van der Waals surface area contributed by atoms with Crippen LogP contribution >= 0.6 is 15.9 Å². The summed E-state index contributed by atoms with van der Waals surface area (Å²) < 4.78 is 1.12. The quantitative estimate of drug-likeness (QED) is 0.835. The zero-order chi connectivity index (χ0) is 10.8. The van der Waals surface area contributed by atoms with Gasteiger partial charge >= 0.3 is 0 Å². The Labute approximate surface area is 95.0 Å². The molecule has 1 rings (SSSR count). The Morgan fingerprint density at radius 2 is 1.93 bits per heavy atom. The molecule has 0 amide bonds. The second kappa shape index (κ2) is 4.35. The van der Waals surface area contributed by atoms with E-state index >= 15 is 0 Å². The molecular formula is C12H18BrN. The third-order valence-electron chi connectivity index (χ3n) is 2.01. The lowest BCUT2D eigenvalue weighted by Crippen LogP contribution is -2.19. The summed E-state index contributed by atoms with van der Waals surface area (Å²) in [6, 6.07) is 6.31. The molecule has 0 aliphatic carbocycles. The molecular weight excluding hydrogens is 238 g/mol. The number of aryl methyl sites for hydroxylation is 1. The van der Waals surface area contributed by atoms with Crippen molar-refractivity contribution in [3.63, 3.8) is 0 Å². The number of halogens is 1. The molecule has 0 aliphatic rings. The van der Waals surface area contributed by atoms with Crippen molar-refractivity contribution in [1.29, 1.82) is 0 Å². The highest BCUT2D eigenvalue weighted by molar-refractivity contribution is 9.10. The maximum absolute atomic E-state index is 3.48. The monoisotopic (exact) mass is 255 g/mol. The first kappa shape index (κ1) is 11.6. The summed E-state index contributed by atoms with van der Waals surface area (Å²) >= 11 is 3.48. The average Bonchev–Trinajstić information content (AvgIpc) is 2.05. The molecule has 1 N–H and O–H groups in total. The van der Waals surface area contributed by atoms with Crippen LogP contribution in [-0.4, -0.2) is 6.54 Å². The van der Waals surface area contributed by atoms with E-state index in [1.807, 2.05) is 0 Å². The average molecular weight is 256 g/mol. The molecule has 0 radical (unpaired) electrons. The van der Waals surface area contributed by atoms with E-state index in [2.05, 4.69) is 67.1 Å². The number of hydrogen-bond donors (Lipinski definition) is 1. The van der Waals surface area contributed by atoms with E-state index in [0.29, 0.717) is 5.41 Å². The van der Waals surface area contributed by atoms with Gasteiger partial charge in [0.05, 0.1) is 0 Å². The largest absolute Gasteiger partial charge is 0.384 e. The zero-order valence-corrected chi connectivity index (χ0v) is 10.9. The molecule has 1 aromatic carbocycles. The summed E-state index contributed by atoms with van der Waals surface area (Å²) in [4.78, 5) is 0. The first-order valence-electron chi connectivity index (χ1n) is 4.88. The molecule has 0 unspecified atom stereocenters. The van der Waals surface area contributed by atoms with Crippen molar-refractivity contribution in [1.82, 2.24) is 0 Å². The normalized spacial score (nSPS) is 11.5. The first-order valence-corrected chi connectivity index (χ1v) is 5.68. The van der Waals surface area contributed by atoms with Gasteiger partial charge in [-0.1, -0.05) is 42.8 Å². The zero-order valence-electron chi connectivity index (χ0n) is 9.32. The summed E-state index contributed by atoms with van der Waals surface area (Å²) in [7, 11) is 0. The predicted molar refractivity (Wildman–Crippen MR) is 66.8 cm³/mol. The maximum atomic E-state index is 3.48. The molecule has 0 fully saturated rings. The Kier molecular flexibility index (Phi) is 3.59. The molecule has 78 valence electrons. The fraction of sp³-hybridized carbons (Fsp3) is 0.500. The Morgan fingerprint density at radius 3 is 2.50 bits per heavy atom. The van der Waals surface area contributed by atoms with Crippen LogP contribution < -0.4 is 5.32 Å². The molecule has 14 heavy (non-hydrogen) atoms. The van der Waals surface area contributed by atoms with Gasteiger partial charge in [-0.3, -0.25) is 0 Å². The topological polar surface area (TPSA) is 12.0 Å². The predicted octanol–water partition coefficient (Wildman–Crippen LogP) is 4.22. The molecule has 0 atom stereocenters. The van der Waals surface area contributed by atoms with Gasteiger partial charge in [0.1, 0.15) is 0 Å². The van der Waals surface area contributed by atoms with Crippen LogP contribution in [0, 0.1) is 12.3 Å². The molecule has 0 saturated heterocycles. The lowest BCUT2D eigenvalue weighted by Gasteiger charge is -2.20. The summed E-state index contributed by atoms with van der Waals surface area (Å²) in [5.74, 6) is 0. The summed E-state index contributed by atoms with van der Waals surface area (Å²) in [6.07, 6.45) is 0. The van der Waals surface area contributed by atoms with Gasteiger partial charge in [0, 0.05) is 16.7 Å². The number of benzene rings is 1. The maximum Gasteiger partial charge on any atom is 0.0381 e. The van der Waals surface area contributed by atoms with Crippen molar-refractivity contribution in [2.24, 2.45) is 5.41 Å². The van der Waals surface area contributed by atoms with Gasteiger partial charge in [-0.15, -0.1) is 0 Å². The van der Waals surface area contributed by atoms with Crippen LogP contribution in [0.4, 0.5) is 5.69 Å². The van der Waals surface area contributed by atoms with Crippen molar-refractivity contribution in [3.05, 3.63) is 28.2 Å². The Balaban J connectivity index is 2.72. The lowest BCUT2D eigenvalue weighted by atomic mass is 9.97. The number of anilines is 1. The molecule has 0 spiro atoms. The Bertz CT molecular complexity index is 313. The number of hydrogen-bond acceptors (Lipinski definition) is 1. The van der Waals surface area contributed by atoms with E-state index in [4.69, 9.17) is 0 Å². The molecule has 0 saturated carbocycles. The molecule has 1 nitrogen and oxygen atoms in total. The summed E-state index contributed by atoms with van der Waals surface area (Å²) in [5, 5.41) is 3.46. The van der Waals surface area contributed by atoms with Gasteiger partial charge in [0.25, 0.3) is 0 Å². The Hall–Kier alpha value is -0.500. The van der Waals surface area contributed by atoms with Crippen molar-refractivity contribution < 1.29 is 0 Å². The van der Waals surface area contributed by atoms with Gasteiger partial charge in [-0.2, -0.15) is 0 Å². The molecule has 0 heterocycles. The van der Waals surface area contributed by atoms with Crippen LogP contribution in [0.25, 0.3) is 0 Å². The lowest BCUT2D eigenvalue weighted by molar-refractivity contribution is 0.443. The third-order valence-corrected chi connectivity index (χ3v) is 2.50. The summed E-state index contributed by atoms with van der Waals surface area (Å²) in [5.41, 5.74) is 2.82. The van der Waals surface area contributed by atoms with Gasteiger partial charge in [-0.25, -0.2) is 0 Å². The molecule has 2 heteroatoms. The smallest absolute Gasteiger partial charge is 0.0381 e. The van der Waals surface area contributed by atoms with Gasteiger partial charge in [0.15, 0.2) is 0 Å². The minimum Gasteiger partial charge on any atom is -0.384 e. The van der Waals surface area contributed by atoms with Crippen LogP contribution in [0.15, 0.2) is 22.7 Å². The van der Waals surface area contributed by atoms with Crippen LogP contribution in [0.2, 0.25) is 0 Å². The van der Waals surface area contributed by atoms with E-state index in [1.54, 1.807) is 0 Å². The molecule has 0 bridgehead atoms. The standard InChI is InChI=1S/C12H18BrN/c1-9-5-6-10(13)7-11(9)14-8-12(2,3)4/h5-7,14H,8H2,1-4H3. The van der Waals surface area contributed by atoms with Gasteiger partial charge in [-0.05, 0) is 30.0 Å². The van der Waals surface area contributed by atoms with Crippen LogP contribution in [0.3, 0.4) is 0 Å². The molecule has 0 aliphatic heterocycles. The third kappa shape index (κ3) is 3.70. The van der Waals surface area contributed by atoms with E-state index in [9.17, 15) is 0 Å². The summed E-state index contributed by atoms with van der Waals surface area (Å²) in [6.45, 7) is 9.80. The van der Waals surface area contributed by atoms with E-state index in [-0.39, 0.29) is 0 Å². The van der Waals surface area contributed by atoms with Crippen molar-refractivity contribution in [2.45, 2.75) is 27.7 Å². The van der Waals surface area contributed by atoms with E-state index < -0.39 is 0 Å². The fourth-order valence-corrected chi connectivity index (χ4v) is 1.51. The molecule has 0 aromatic heterocycles. The van der Waals surface area contributed by atoms with E-state index in [0.717, 1.165) is 11.0 Å². The van der Waals surface area contributed by atoms with Gasteiger partial charge < -0.3 is 5.32 Å². The van der Waals surface area contributed by atoms with Crippen molar-refractivity contribution in [2.75, 3.05) is 11.9 Å². The first-order chi connectivity index (χ1) is 6.38.